The third kappa shape index (κ3) is 6.19. The van der Waals surface area contributed by atoms with Crippen LogP contribution in [0, 0.1) is 13.8 Å². The first-order chi connectivity index (χ1) is 18.5. The van der Waals surface area contributed by atoms with Crippen molar-refractivity contribution in [1.29, 1.82) is 0 Å². The van der Waals surface area contributed by atoms with Crippen LogP contribution in [0.25, 0.3) is 11.0 Å². The first kappa shape index (κ1) is 27.6. The molecule has 1 heterocycles. The maximum atomic E-state index is 14.2. The summed E-state index contributed by atoms with van der Waals surface area (Å²) in [6.07, 6.45) is 0. The predicted octanol–water partition coefficient (Wildman–Crippen LogP) is 4.75. The molecule has 204 valence electrons. The van der Waals surface area contributed by atoms with Crippen LogP contribution in [0.5, 0.6) is 11.5 Å². The van der Waals surface area contributed by atoms with Crippen molar-refractivity contribution in [3.05, 3.63) is 77.4 Å². The highest BCUT2D eigenvalue weighted by Gasteiger charge is 2.35. The molecule has 9 heteroatoms. The molecule has 2 amide bonds. The minimum atomic E-state index is -1.03. The summed E-state index contributed by atoms with van der Waals surface area (Å²) in [5.74, 6) is 0.345. The molecule has 4 rings (SSSR count). The summed E-state index contributed by atoms with van der Waals surface area (Å²) >= 11 is 0. The number of aryl methyl sites for hydroxylation is 2. The molecule has 9 nitrogen and oxygen atoms in total. The van der Waals surface area contributed by atoms with Crippen LogP contribution < -0.4 is 19.7 Å². The normalized spacial score (nSPS) is 12.2. The van der Waals surface area contributed by atoms with Crippen molar-refractivity contribution < 1.29 is 19.1 Å². The Morgan fingerprint density at radius 3 is 2.23 bits per heavy atom. The van der Waals surface area contributed by atoms with Crippen LogP contribution in [0.15, 0.2) is 60.7 Å². The van der Waals surface area contributed by atoms with Gasteiger partial charge in [-0.1, -0.05) is 23.4 Å². The molecular formula is C30H35N5O4. The Morgan fingerprint density at radius 1 is 0.949 bits per heavy atom. The van der Waals surface area contributed by atoms with E-state index < -0.39 is 11.6 Å². The minimum Gasteiger partial charge on any atom is -0.497 e. The van der Waals surface area contributed by atoms with Crippen LogP contribution in [0.1, 0.15) is 43.5 Å². The number of hydrogen-bond acceptors (Lipinski definition) is 6. The number of rotatable bonds is 8. The van der Waals surface area contributed by atoms with E-state index in [1.54, 1.807) is 37.1 Å². The second-order valence-electron chi connectivity index (χ2n) is 10.6. The quantitative estimate of drug-likeness (QED) is 0.354. The number of ether oxygens (including phenoxy) is 2. The van der Waals surface area contributed by atoms with E-state index in [0.717, 1.165) is 16.6 Å². The Balaban J connectivity index is 1.90. The lowest BCUT2D eigenvalue weighted by atomic mass is 9.99. The Morgan fingerprint density at radius 2 is 1.62 bits per heavy atom. The minimum absolute atomic E-state index is 0.117. The number of aromatic nitrogens is 3. The first-order valence-corrected chi connectivity index (χ1v) is 12.7. The lowest BCUT2D eigenvalue weighted by Crippen LogP contribution is -2.50. The molecule has 1 aromatic heterocycles. The largest absolute Gasteiger partial charge is 0.497 e. The van der Waals surface area contributed by atoms with Crippen molar-refractivity contribution in [3.8, 4) is 11.5 Å². The number of nitrogens with zero attached hydrogens (tertiary/aromatic N) is 4. The van der Waals surface area contributed by atoms with E-state index in [9.17, 15) is 9.59 Å². The molecule has 0 aliphatic heterocycles. The number of carbonyl (C=O) groups is 2. The molecule has 0 aliphatic rings. The van der Waals surface area contributed by atoms with Gasteiger partial charge in [0.15, 0.2) is 0 Å². The topological polar surface area (TPSA) is 98.6 Å². The maximum Gasteiger partial charge on any atom is 0.249 e. The third-order valence-electron chi connectivity index (χ3n) is 6.44. The van der Waals surface area contributed by atoms with Crippen LogP contribution in [0.2, 0.25) is 0 Å². The summed E-state index contributed by atoms with van der Waals surface area (Å²) in [7, 11) is 3.09. The number of hydrogen-bond donors (Lipinski definition) is 1. The summed E-state index contributed by atoms with van der Waals surface area (Å²) in [4.78, 5) is 29.8. The summed E-state index contributed by atoms with van der Waals surface area (Å²) in [5, 5.41) is 11.5. The van der Waals surface area contributed by atoms with Crippen LogP contribution in [-0.4, -0.2) is 46.6 Å². The molecule has 1 atom stereocenters. The second kappa shape index (κ2) is 11.1. The van der Waals surface area contributed by atoms with Gasteiger partial charge in [-0.25, -0.2) is 4.68 Å². The zero-order valence-electron chi connectivity index (χ0n) is 23.5. The fourth-order valence-corrected chi connectivity index (χ4v) is 4.39. The monoisotopic (exact) mass is 529 g/mol. The van der Waals surface area contributed by atoms with Gasteiger partial charge in [0, 0.05) is 17.3 Å². The molecule has 0 fully saturated rings. The van der Waals surface area contributed by atoms with Crippen molar-refractivity contribution in [2.75, 3.05) is 19.1 Å². The number of benzene rings is 3. The van der Waals surface area contributed by atoms with Crippen LogP contribution in [0.3, 0.4) is 0 Å². The van der Waals surface area contributed by atoms with Gasteiger partial charge in [-0.2, -0.15) is 0 Å². The number of methoxy groups -OCH3 is 2. The molecule has 0 spiro atoms. The second-order valence-corrected chi connectivity index (χ2v) is 10.6. The average molecular weight is 530 g/mol. The van der Waals surface area contributed by atoms with Crippen LogP contribution >= 0.6 is 0 Å². The Labute approximate surface area is 228 Å². The first-order valence-electron chi connectivity index (χ1n) is 12.7. The highest BCUT2D eigenvalue weighted by Crippen LogP contribution is 2.34. The van der Waals surface area contributed by atoms with Crippen molar-refractivity contribution >= 4 is 28.5 Å². The molecule has 1 N–H and O–H groups in total. The van der Waals surface area contributed by atoms with Crippen molar-refractivity contribution in [2.45, 2.75) is 52.7 Å². The number of amides is 2. The van der Waals surface area contributed by atoms with Gasteiger partial charge in [-0.3, -0.25) is 14.5 Å². The van der Waals surface area contributed by atoms with Gasteiger partial charge in [0.05, 0.1) is 19.7 Å². The van der Waals surface area contributed by atoms with Gasteiger partial charge in [0.1, 0.15) is 29.6 Å². The van der Waals surface area contributed by atoms with Crippen LogP contribution in [0.4, 0.5) is 5.69 Å². The summed E-state index contributed by atoms with van der Waals surface area (Å²) in [5.41, 5.74) is 4.07. The van der Waals surface area contributed by atoms with Gasteiger partial charge in [0.2, 0.25) is 11.8 Å². The van der Waals surface area contributed by atoms with Gasteiger partial charge >= 0.3 is 0 Å². The molecule has 0 radical (unpaired) electrons. The molecule has 0 aliphatic carbocycles. The SMILES string of the molecule is COc1cc(OC)cc([C@@H](C(=O)NC(C)(C)C)N(C(=O)Cn2nnc3ccccc32)c2ccc(C)c(C)c2)c1. The molecule has 0 saturated heterocycles. The van der Waals surface area contributed by atoms with Gasteiger partial charge in [-0.15, -0.1) is 5.10 Å². The van der Waals surface area contributed by atoms with E-state index in [1.165, 1.54) is 4.90 Å². The number of anilines is 1. The summed E-state index contributed by atoms with van der Waals surface area (Å²) in [6.45, 7) is 9.57. The van der Waals surface area contributed by atoms with E-state index in [4.69, 9.17) is 9.47 Å². The van der Waals surface area contributed by atoms with Gasteiger partial charge in [0.25, 0.3) is 0 Å². The molecule has 0 saturated carbocycles. The zero-order valence-corrected chi connectivity index (χ0v) is 23.5. The maximum absolute atomic E-state index is 14.2. The molecule has 0 bridgehead atoms. The number of nitrogens with one attached hydrogen (secondary N) is 1. The van der Waals surface area contributed by atoms with E-state index in [-0.39, 0.29) is 18.4 Å². The van der Waals surface area contributed by atoms with E-state index in [0.29, 0.717) is 28.3 Å². The van der Waals surface area contributed by atoms with Gasteiger partial charge < -0.3 is 14.8 Å². The Bertz CT molecular complexity index is 1480. The van der Waals surface area contributed by atoms with E-state index >= 15 is 0 Å². The molecular weight excluding hydrogens is 494 g/mol. The fraction of sp³-hybridized carbons (Fsp3) is 0.333. The van der Waals surface area contributed by atoms with Crippen molar-refractivity contribution in [2.24, 2.45) is 0 Å². The molecule has 0 unspecified atom stereocenters. The molecule has 3 aromatic carbocycles. The Hall–Kier alpha value is -4.40. The standard InChI is InChI=1S/C30H35N5O4/c1-19-12-13-22(14-20(19)2)35(27(36)18-34-26-11-9-8-10-25(26)32-33-34)28(29(37)31-30(3,4)5)21-15-23(38-6)17-24(16-21)39-7/h8-17,28H,18H2,1-7H3,(H,31,37)/t28-/m0/s1. The number of para-hydroxylation sites is 1. The van der Waals surface area contributed by atoms with Crippen LogP contribution in [-0.2, 0) is 16.1 Å². The van der Waals surface area contributed by atoms with E-state index in [1.807, 2.05) is 77.1 Å². The van der Waals surface area contributed by atoms with Crippen molar-refractivity contribution in [3.63, 3.8) is 0 Å². The van der Waals surface area contributed by atoms with Crippen molar-refractivity contribution in [1.82, 2.24) is 20.3 Å². The Kier molecular flexibility index (Phi) is 7.90. The summed E-state index contributed by atoms with van der Waals surface area (Å²) < 4.78 is 12.6. The lowest BCUT2D eigenvalue weighted by molar-refractivity contribution is -0.128. The van der Waals surface area contributed by atoms with Gasteiger partial charge in [-0.05, 0) is 87.7 Å². The third-order valence-corrected chi connectivity index (χ3v) is 6.44. The highest BCUT2D eigenvalue weighted by atomic mass is 16.5. The predicted molar refractivity (Wildman–Crippen MR) is 151 cm³/mol. The summed E-state index contributed by atoms with van der Waals surface area (Å²) in [6, 6.07) is 17.4. The molecule has 39 heavy (non-hydrogen) atoms. The fourth-order valence-electron chi connectivity index (χ4n) is 4.39. The lowest BCUT2D eigenvalue weighted by Gasteiger charge is -2.34. The smallest absolute Gasteiger partial charge is 0.249 e. The van der Waals surface area contributed by atoms with E-state index in [2.05, 4.69) is 15.6 Å². The number of fused-ring (bicyclic) bond motifs is 1. The molecule has 4 aromatic rings. The number of carbonyl (C=O) groups excluding carboxylic acids is 2. The average Bonchev–Trinajstić information content (AvgIpc) is 3.30. The highest BCUT2D eigenvalue weighted by molar-refractivity contribution is 6.02. The zero-order chi connectivity index (χ0) is 28.3.